The first kappa shape index (κ1) is 14.6. The topological polar surface area (TPSA) is 147 Å². The third kappa shape index (κ3) is 7.01. The molecule has 1 atom stereocenters. The normalized spacial score (nSPS) is 12.5. The molecule has 1 aromatic rings. The highest BCUT2D eigenvalue weighted by atomic mass is 32.3. The zero-order chi connectivity index (χ0) is 12.9. The zero-order valence-corrected chi connectivity index (χ0v) is 9.35. The third-order valence-corrected chi connectivity index (χ3v) is 1.56. The third-order valence-electron chi connectivity index (χ3n) is 1.56. The van der Waals surface area contributed by atoms with Crippen LogP contribution in [0.3, 0.4) is 0 Å². The molecule has 0 aliphatic carbocycles. The van der Waals surface area contributed by atoms with E-state index in [2.05, 4.69) is 0 Å². The molecule has 1 aromatic carbocycles. The fourth-order valence-corrected chi connectivity index (χ4v) is 0.955. The molecule has 8 heteroatoms. The first-order valence-corrected chi connectivity index (χ1v) is 5.54. The Balaban J connectivity index is 0.000000385. The van der Waals surface area contributed by atoms with Crippen molar-refractivity contribution in [2.24, 2.45) is 0 Å². The summed E-state index contributed by atoms with van der Waals surface area (Å²) >= 11 is 0. The van der Waals surface area contributed by atoms with Gasteiger partial charge in [0.25, 0.3) is 0 Å². The van der Waals surface area contributed by atoms with Gasteiger partial charge in [0.05, 0.1) is 6.10 Å². The molecular formula is C8H14N2O5S. The van der Waals surface area contributed by atoms with Crippen molar-refractivity contribution in [2.45, 2.75) is 13.0 Å². The van der Waals surface area contributed by atoms with E-state index in [1.54, 1.807) is 25.1 Å². The van der Waals surface area contributed by atoms with Gasteiger partial charge in [-0.15, -0.1) is 0 Å². The number of nitrogen functional groups attached to an aromatic ring is 2. The van der Waals surface area contributed by atoms with Crippen LogP contribution in [0.15, 0.2) is 18.2 Å². The monoisotopic (exact) mass is 250 g/mol. The molecule has 0 saturated carbocycles. The maximum Gasteiger partial charge on any atom is 0.394 e. The highest BCUT2D eigenvalue weighted by molar-refractivity contribution is 7.79. The molecule has 0 amide bonds. The smallest absolute Gasteiger partial charge is 0.394 e. The Morgan fingerprint density at radius 2 is 1.69 bits per heavy atom. The van der Waals surface area contributed by atoms with Crippen LogP contribution in [0.4, 0.5) is 11.4 Å². The summed E-state index contributed by atoms with van der Waals surface area (Å²) in [6, 6.07) is 5.08. The van der Waals surface area contributed by atoms with Crippen LogP contribution in [0.25, 0.3) is 0 Å². The van der Waals surface area contributed by atoms with E-state index < -0.39 is 16.5 Å². The molecular weight excluding hydrogens is 236 g/mol. The van der Waals surface area contributed by atoms with Gasteiger partial charge in [0.15, 0.2) is 0 Å². The second-order valence-electron chi connectivity index (χ2n) is 3.01. The SMILES string of the molecule is CC(O)c1cc(N)ccc1N.O=S(=O)(O)O. The Kier molecular flexibility index (Phi) is 5.18. The summed E-state index contributed by atoms with van der Waals surface area (Å²) in [6.07, 6.45) is -0.557. The van der Waals surface area contributed by atoms with Gasteiger partial charge in [-0.25, -0.2) is 0 Å². The van der Waals surface area contributed by atoms with E-state index in [-0.39, 0.29) is 0 Å². The van der Waals surface area contributed by atoms with Gasteiger partial charge >= 0.3 is 10.4 Å². The quantitative estimate of drug-likeness (QED) is 0.354. The van der Waals surface area contributed by atoms with Gasteiger partial charge in [-0.2, -0.15) is 8.42 Å². The molecule has 0 heterocycles. The van der Waals surface area contributed by atoms with Crippen LogP contribution in [-0.4, -0.2) is 22.6 Å². The van der Waals surface area contributed by atoms with Crippen molar-refractivity contribution in [2.75, 3.05) is 11.5 Å². The minimum atomic E-state index is -4.67. The molecule has 7 N–H and O–H groups in total. The number of hydrogen-bond acceptors (Lipinski definition) is 5. The lowest BCUT2D eigenvalue weighted by Crippen LogP contribution is -1.99. The van der Waals surface area contributed by atoms with Gasteiger partial charge in [0, 0.05) is 16.9 Å². The van der Waals surface area contributed by atoms with Crippen molar-refractivity contribution >= 4 is 21.8 Å². The molecule has 0 bridgehead atoms. The predicted molar refractivity (Wildman–Crippen MR) is 60.1 cm³/mol. The highest BCUT2D eigenvalue weighted by Gasteiger charge is 2.04. The number of hydrogen-bond donors (Lipinski definition) is 5. The van der Waals surface area contributed by atoms with Crippen LogP contribution >= 0.6 is 0 Å². The number of benzene rings is 1. The summed E-state index contributed by atoms with van der Waals surface area (Å²) in [6.45, 7) is 1.66. The molecule has 0 fully saturated rings. The minimum absolute atomic E-state index is 0.557. The van der Waals surface area contributed by atoms with E-state index in [1.165, 1.54) is 0 Å². The molecule has 7 nitrogen and oxygen atoms in total. The Labute approximate surface area is 93.3 Å². The van der Waals surface area contributed by atoms with Gasteiger partial charge in [0.2, 0.25) is 0 Å². The molecule has 0 aliphatic rings. The van der Waals surface area contributed by atoms with Crippen LogP contribution < -0.4 is 11.5 Å². The Hall–Kier alpha value is -1.35. The van der Waals surface area contributed by atoms with E-state index in [4.69, 9.17) is 29.0 Å². The van der Waals surface area contributed by atoms with Gasteiger partial charge in [-0.05, 0) is 25.1 Å². The van der Waals surface area contributed by atoms with E-state index in [1.807, 2.05) is 0 Å². The maximum atomic E-state index is 9.19. The largest absolute Gasteiger partial charge is 0.399 e. The second kappa shape index (κ2) is 5.66. The lowest BCUT2D eigenvalue weighted by molar-refractivity contribution is 0.200. The first-order valence-electron chi connectivity index (χ1n) is 4.14. The summed E-state index contributed by atoms with van der Waals surface area (Å²) in [4.78, 5) is 0. The Bertz CT molecular complexity index is 436. The highest BCUT2D eigenvalue weighted by Crippen LogP contribution is 2.21. The van der Waals surface area contributed by atoms with Crippen molar-refractivity contribution in [1.29, 1.82) is 0 Å². The number of aliphatic hydroxyl groups is 1. The fourth-order valence-electron chi connectivity index (χ4n) is 0.955. The minimum Gasteiger partial charge on any atom is -0.399 e. The maximum absolute atomic E-state index is 9.19. The summed E-state index contributed by atoms with van der Waals surface area (Å²) in [7, 11) is -4.67. The standard InChI is InChI=1S/C8H12N2O.H2O4S/c1-5(11)7-4-6(9)2-3-8(7)10;1-5(2,3)4/h2-5,11H,9-10H2,1H3;(H2,1,2,3,4). The zero-order valence-electron chi connectivity index (χ0n) is 8.53. The van der Waals surface area contributed by atoms with E-state index in [9.17, 15) is 5.11 Å². The molecule has 0 aliphatic heterocycles. The molecule has 1 unspecified atom stereocenters. The summed E-state index contributed by atoms with van der Waals surface area (Å²) in [5, 5.41) is 9.19. The van der Waals surface area contributed by atoms with E-state index in [0.717, 1.165) is 0 Å². The van der Waals surface area contributed by atoms with E-state index in [0.29, 0.717) is 16.9 Å². The Morgan fingerprint density at radius 1 is 1.25 bits per heavy atom. The molecule has 0 spiro atoms. The molecule has 92 valence electrons. The van der Waals surface area contributed by atoms with Crippen molar-refractivity contribution in [1.82, 2.24) is 0 Å². The van der Waals surface area contributed by atoms with Gasteiger partial charge in [-0.1, -0.05) is 0 Å². The summed E-state index contributed by atoms with van der Waals surface area (Å²) in [5.74, 6) is 0. The van der Waals surface area contributed by atoms with Crippen molar-refractivity contribution in [3.05, 3.63) is 23.8 Å². The van der Waals surface area contributed by atoms with Crippen molar-refractivity contribution < 1.29 is 22.6 Å². The fraction of sp³-hybridized carbons (Fsp3) is 0.250. The molecule has 0 saturated heterocycles. The van der Waals surface area contributed by atoms with Crippen molar-refractivity contribution in [3.8, 4) is 0 Å². The van der Waals surface area contributed by atoms with Crippen LogP contribution in [-0.2, 0) is 10.4 Å². The lowest BCUT2D eigenvalue weighted by atomic mass is 10.1. The lowest BCUT2D eigenvalue weighted by Gasteiger charge is -2.08. The second-order valence-corrected chi connectivity index (χ2v) is 3.91. The molecule has 0 aromatic heterocycles. The number of anilines is 2. The van der Waals surface area contributed by atoms with Crippen LogP contribution in [0.2, 0.25) is 0 Å². The molecule has 16 heavy (non-hydrogen) atoms. The first-order chi connectivity index (χ1) is 7.11. The molecule has 0 radical (unpaired) electrons. The van der Waals surface area contributed by atoms with Crippen LogP contribution in [0.1, 0.15) is 18.6 Å². The van der Waals surface area contributed by atoms with Crippen LogP contribution in [0, 0.1) is 0 Å². The molecule has 1 rings (SSSR count). The number of aliphatic hydroxyl groups excluding tert-OH is 1. The predicted octanol–water partition coefficient (Wildman–Crippen LogP) is 0.252. The summed E-state index contributed by atoms with van der Waals surface area (Å²) in [5.41, 5.74) is 13.0. The van der Waals surface area contributed by atoms with Crippen molar-refractivity contribution in [3.63, 3.8) is 0 Å². The number of nitrogens with two attached hydrogens (primary N) is 2. The summed E-state index contributed by atoms with van der Waals surface area (Å²) < 4.78 is 31.6. The van der Waals surface area contributed by atoms with Crippen LogP contribution in [0.5, 0.6) is 0 Å². The van der Waals surface area contributed by atoms with Gasteiger partial charge < -0.3 is 16.6 Å². The average Bonchev–Trinajstić information content (AvgIpc) is 2.06. The Morgan fingerprint density at radius 3 is 2.00 bits per heavy atom. The van der Waals surface area contributed by atoms with E-state index >= 15 is 0 Å². The van der Waals surface area contributed by atoms with Gasteiger partial charge in [-0.3, -0.25) is 9.11 Å². The average molecular weight is 250 g/mol. The van der Waals surface area contributed by atoms with Gasteiger partial charge in [0.1, 0.15) is 0 Å². The number of rotatable bonds is 1.